The average molecular weight is 432 g/mol. The fourth-order valence-electron chi connectivity index (χ4n) is 5.83. The van der Waals surface area contributed by atoms with Crippen LogP contribution in [0.1, 0.15) is 43.8 Å². The molecule has 2 saturated heterocycles. The van der Waals surface area contributed by atoms with Gasteiger partial charge in [-0.05, 0) is 39.2 Å². The van der Waals surface area contributed by atoms with E-state index in [1.165, 1.54) is 19.3 Å². The molecule has 1 spiro atoms. The highest BCUT2D eigenvalue weighted by atomic mass is 16.5. The lowest BCUT2D eigenvalue weighted by molar-refractivity contribution is -0.171. The van der Waals surface area contributed by atoms with Crippen molar-refractivity contribution in [2.24, 2.45) is 23.4 Å². The topological polar surface area (TPSA) is 88.8 Å². The third-order valence-corrected chi connectivity index (χ3v) is 7.94. The van der Waals surface area contributed by atoms with Crippen molar-refractivity contribution < 1.29 is 9.47 Å². The minimum atomic E-state index is 0.332. The molecule has 172 valence electrons. The van der Waals surface area contributed by atoms with Crippen molar-refractivity contribution in [3.05, 3.63) is 11.6 Å². The Labute approximate surface area is 185 Å². The van der Waals surface area contributed by atoms with Gasteiger partial charge in [0.15, 0.2) is 11.8 Å². The Hall–Kier alpha value is -1.71. The van der Waals surface area contributed by atoms with E-state index in [0.29, 0.717) is 30.0 Å². The van der Waals surface area contributed by atoms with Crippen LogP contribution in [0.5, 0.6) is 0 Å². The summed E-state index contributed by atoms with van der Waals surface area (Å²) in [6.07, 6.45) is 6.59. The van der Waals surface area contributed by atoms with Crippen LogP contribution in [0.15, 0.2) is 4.99 Å². The van der Waals surface area contributed by atoms with Crippen molar-refractivity contribution in [1.82, 2.24) is 30.3 Å². The number of aliphatic imine (C=N–C) groups is 1. The molecule has 2 N–H and O–H groups in total. The van der Waals surface area contributed by atoms with Gasteiger partial charge in [-0.15, -0.1) is 10.2 Å². The molecule has 9 heteroatoms. The molecule has 2 saturated carbocycles. The van der Waals surface area contributed by atoms with Gasteiger partial charge in [-0.3, -0.25) is 4.90 Å². The maximum atomic E-state index is 6.10. The molecule has 3 heterocycles. The highest BCUT2D eigenvalue weighted by Gasteiger charge is 2.66. The Balaban J connectivity index is 1.21. The van der Waals surface area contributed by atoms with Crippen molar-refractivity contribution in [3.63, 3.8) is 0 Å². The fraction of sp³-hybridized carbons (Fsp3) is 0.864. The van der Waals surface area contributed by atoms with E-state index in [1.54, 1.807) is 0 Å². The second kappa shape index (κ2) is 9.03. The fourth-order valence-corrected chi connectivity index (χ4v) is 5.83. The van der Waals surface area contributed by atoms with Gasteiger partial charge in [0.25, 0.3) is 0 Å². The highest BCUT2D eigenvalue weighted by Crippen LogP contribution is 2.62. The van der Waals surface area contributed by atoms with Crippen LogP contribution in [-0.4, -0.2) is 83.8 Å². The largest absolute Gasteiger partial charge is 0.379 e. The zero-order chi connectivity index (χ0) is 21.3. The van der Waals surface area contributed by atoms with Gasteiger partial charge in [-0.25, -0.2) is 4.99 Å². The van der Waals surface area contributed by atoms with Crippen LogP contribution in [0.25, 0.3) is 0 Å². The van der Waals surface area contributed by atoms with Gasteiger partial charge in [-0.1, -0.05) is 6.42 Å². The van der Waals surface area contributed by atoms with Crippen LogP contribution >= 0.6 is 0 Å². The number of nitrogens with zero attached hydrogens (tertiary/aromatic N) is 5. The van der Waals surface area contributed by atoms with Gasteiger partial charge in [-0.2, -0.15) is 0 Å². The van der Waals surface area contributed by atoms with Crippen LogP contribution in [0.2, 0.25) is 0 Å². The Morgan fingerprint density at radius 2 is 2.06 bits per heavy atom. The lowest BCUT2D eigenvalue weighted by atomic mass is 9.46. The van der Waals surface area contributed by atoms with Crippen LogP contribution in [0, 0.1) is 18.3 Å². The van der Waals surface area contributed by atoms with Crippen molar-refractivity contribution in [1.29, 1.82) is 0 Å². The van der Waals surface area contributed by atoms with E-state index < -0.39 is 0 Å². The maximum absolute atomic E-state index is 6.10. The number of aryl methyl sites for hydroxylation is 1. The molecular weight excluding hydrogens is 394 g/mol. The molecule has 4 aliphatic rings. The van der Waals surface area contributed by atoms with Crippen molar-refractivity contribution in [2.45, 2.75) is 57.7 Å². The summed E-state index contributed by atoms with van der Waals surface area (Å²) in [5.74, 6) is 3.33. The number of hydrogen-bond donors (Lipinski definition) is 2. The standard InChI is InChI=1S/C22H37N7O2/c1-16-26-27-18(28(16)2)15-24-21(23-8-4-9-29-10-13-30-14-11-29)25-19-17-5-12-31-20(17)22(19)6-3-7-22/h17,19-20H,3-15H2,1-2H3,(H2,23,24,25). The lowest BCUT2D eigenvalue weighted by Gasteiger charge is -2.63. The molecule has 5 rings (SSSR count). The summed E-state index contributed by atoms with van der Waals surface area (Å²) in [7, 11) is 2.00. The molecule has 1 aromatic rings. The number of guanidine groups is 1. The first-order chi connectivity index (χ1) is 15.2. The SMILES string of the molecule is Cc1nnc(CN=C(NCCCN2CCOCC2)NC2C3CCOC3C23CCC3)n1C. The summed E-state index contributed by atoms with van der Waals surface area (Å²) < 4.78 is 13.6. The average Bonchev–Trinajstić information content (AvgIpc) is 3.31. The van der Waals surface area contributed by atoms with E-state index >= 15 is 0 Å². The number of morpholine rings is 1. The van der Waals surface area contributed by atoms with Crippen molar-refractivity contribution in [3.8, 4) is 0 Å². The summed E-state index contributed by atoms with van der Waals surface area (Å²) in [5.41, 5.74) is 0.332. The van der Waals surface area contributed by atoms with Gasteiger partial charge in [0.2, 0.25) is 0 Å². The zero-order valence-corrected chi connectivity index (χ0v) is 19.0. The van der Waals surface area contributed by atoms with E-state index in [2.05, 4.69) is 25.7 Å². The first kappa shape index (κ1) is 21.2. The second-order valence-electron chi connectivity index (χ2n) is 9.57. The van der Waals surface area contributed by atoms with Gasteiger partial charge < -0.3 is 24.7 Å². The first-order valence-corrected chi connectivity index (χ1v) is 12.0. The molecule has 0 bridgehead atoms. The van der Waals surface area contributed by atoms with E-state index in [4.69, 9.17) is 14.5 Å². The third-order valence-electron chi connectivity index (χ3n) is 7.94. The Morgan fingerprint density at radius 1 is 1.23 bits per heavy atom. The smallest absolute Gasteiger partial charge is 0.191 e. The van der Waals surface area contributed by atoms with Crippen LogP contribution in [0.4, 0.5) is 0 Å². The van der Waals surface area contributed by atoms with Gasteiger partial charge in [0.1, 0.15) is 12.4 Å². The van der Waals surface area contributed by atoms with E-state index in [1.807, 2.05) is 18.5 Å². The summed E-state index contributed by atoms with van der Waals surface area (Å²) in [4.78, 5) is 7.39. The molecule has 0 amide bonds. The Morgan fingerprint density at radius 3 is 2.77 bits per heavy atom. The van der Waals surface area contributed by atoms with E-state index in [9.17, 15) is 0 Å². The number of ether oxygens (including phenoxy) is 2. The second-order valence-corrected chi connectivity index (χ2v) is 9.57. The lowest BCUT2D eigenvalue weighted by Crippen LogP contribution is -2.72. The quantitative estimate of drug-likeness (QED) is 0.376. The number of fused-ring (bicyclic) bond motifs is 2. The number of nitrogens with one attached hydrogen (secondary N) is 2. The van der Waals surface area contributed by atoms with Crippen molar-refractivity contribution in [2.75, 3.05) is 46.0 Å². The highest BCUT2D eigenvalue weighted by molar-refractivity contribution is 5.80. The first-order valence-electron chi connectivity index (χ1n) is 12.0. The van der Waals surface area contributed by atoms with Gasteiger partial charge in [0, 0.05) is 50.7 Å². The molecule has 4 fully saturated rings. The Kier molecular flexibility index (Phi) is 6.16. The molecule has 2 aliphatic heterocycles. The summed E-state index contributed by atoms with van der Waals surface area (Å²) in [5, 5.41) is 15.9. The molecule has 1 aromatic heterocycles. The summed E-state index contributed by atoms with van der Waals surface area (Å²) in [6, 6.07) is 0.473. The number of hydrogen-bond acceptors (Lipinski definition) is 6. The molecule has 3 atom stereocenters. The predicted octanol–water partition coefficient (Wildman–Crippen LogP) is 0.839. The number of rotatable bonds is 7. The van der Waals surface area contributed by atoms with Crippen LogP contribution < -0.4 is 10.6 Å². The molecule has 3 unspecified atom stereocenters. The Bertz CT molecular complexity index is 785. The minimum Gasteiger partial charge on any atom is -0.379 e. The van der Waals surface area contributed by atoms with Gasteiger partial charge >= 0.3 is 0 Å². The van der Waals surface area contributed by atoms with Crippen LogP contribution in [0.3, 0.4) is 0 Å². The van der Waals surface area contributed by atoms with Crippen molar-refractivity contribution >= 4 is 5.96 Å². The molecule has 2 aliphatic carbocycles. The molecule has 0 radical (unpaired) electrons. The summed E-state index contributed by atoms with van der Waals surface area (Å²) in [6.45, 7) is 9.20. The van der Waals surface area contributed by atoms with E-state index in [0.717, 1.165) is 76.4 Å². The minimum absolute atomic E-state index is 0.332. The normalized spacial score (nSPS) is 30.0. The summed E-state index contributed by atoms with van der Waals surface area (Å²) >= 11 is 0. The molecule has 0 aromatic carbocycles. The maximum Gasteiger partial charge on any atom is 0.191 e. The molecular formula is C22H37N7O2. The third kappa shape index (κ3) is 4.07. The van der Waals surface area contributed by atoms with Crippen LogP contribution in [-0.2, 0) is 23.1 Å². The zero-order valence-electron chi connectivity index (χ0n) is 19.0. The predicted molar refractivity (Wildman–Crippen MR) is 118 cm³/mol. The molecule has 31 heavy (non-hydrogen) atoms. The number of aromatic nitrogens is 3. The molecule has 9 nitrogen and oxygen atoms in total. The van der Waals surface area contributed by atoms with Gasteiger partial charge in [0.05, 0.1) is 19.3 Å². The monoisotopic (exact) mass is 431 g/mol. The van der Waals surface area contributed by atoms with E-state index in [-0.39, 0.29) is 0 Å².